The summed E-state index contributed by atoms with van der Waals surface area (Å²) >= 11 is 0. The molecule has 5 heteroatoms. The van der Waals surface area contributed by atoms with Crippen LogP contribution in [0.2, 0.25) is 0 Å². The zero-order valence-corrected chi connectivity index (χ0v) is 13.8. The molecule has 0 saturated heterocycles. The summed E-state index contributed by atoms with van der Waals surface area (Å²) in [6.07, 6.45) is 6.49. The number of rotatable bonds is 10. The van der Waals surface area contributed by atoms with Gasteiger partial charge in [0, 0.05) is 5.56 Å². The fourth-order valence-corrected chi connectivity index (χ4v) is 3.18. The third-order valence-corrected chi connectivity index (χ3v) is 4.52. The number of hydrogen-bond acceptors (Lipinski definition) is 4. The first-order chi connectivity index (χ1) is 9.94. The standard InChI is InChI=1S/C16H26O4S/c1-3-4-5-6-7-8-11-20-21(18,19)13-15-10-9-14(2)12-16(15)17/h9-10,12,17H,3-8,11,13H2,1-2H3. The third-order valence-electron chi connectivity index (χ3n) is 3.33. The molecule has 0 aliphatic heterocycles. The minimum Gasteiger partial charge on any atom is -0.508 e. The van der Waals surface area contributed by atoms with Gasteiger partial charge >= 0.3 is 0 Å². The van der Waals surface area contributed by atoms with Gasteiger partial charge in [0.1, 0.15) is 11.5 Å². The molecular weight excluding hydrogens is 288 g/mol. The highest BCUT2D eigenvalue weighted by molar-refractivity contribution is 7.85. The SMILES string of the molecule is CCCCCCCCOS(=O)(=O)Cc1ccc(C)cc1O. The van der Waals surface area contributed by atoms with E-state index in [9.17, 15) is 13.5 Å². The van der Waals surface area contributed by atoms with Gasteiger partial charge in [-0.1, -0.05) is 51.2 Å². The molecule has 0 atom stereocenters. The van der Waals surface area contributed by atoms with Crippen molar-refractivity contribution in [2.45, 2.75) is 58.1 Å². The Kier molecular flexibility index (Phi) is 7.75. The van der Waals surface area contributed by atoms with Crippen LogP contribution in [0.3, 0.4) is 0 Å². The molecule has 0 aliphatic rings. The largest absolute Gasteiger partial charge is 0.508 e. The molecule has 0 aliphatic carbocycles. The maximum absolute atomic E-state index is 11.8. The monoisotopic (exact) mass is 314 g/mol. The molecule has 0 aromatic heterocycles. The van der Waals surface area contributed by atoms with Crippen LogP contribution in [0.15, 0.2) is 18.2 Å². The molecule has 1 N–H and O–H groups in total. The first-order valence-electron chi connectivity index (χ1n) is 7.60. The van der Waals surface area contributed by atoms with E-state index in [1.165, 1.54) is 19.3 Å². The Bertz CT molecular complexity index is 523. The van der Waals surface area contributed by atoms with Crippen LogP contribution in [0, 0.1) is 6.92 Å². The van der Waals surface area contributed by atoms with Gasteiger partial charge in [0.2, 0.25) is 0 Å². The van der Waals surface area contributed by atoms with Gasteiger partial charge in [0.15, 0.2) is 0 Å². The number of phenolic OH excluding ortho intramolecular Hbond substituents is 1. The van der Waals surface area contributed by atoms with Crippen LogP contribution in [0.25, 0.3) is 0 Å². The molecule has 0 spiro atoms. The van der Waals surface area contributed by atoms with Crippen LogP contribution in [-0.2, 0) is 20.1 Å². The van der Waals surface area contributed by atoms with E-state index in [-0.39, 0.29) is 18.1 Å². The van der Waals surface area contributed by atoms with E-state index in [4.69, 9.17) is 4.18 Å². The predicted molar refractivity (Wildman–Crippen MR) is 84.8 cm³/mol. The number of aryl methyl sites for hydroxylation is 1. The van der Waals surface area contributed by atoms with Gasteiger partial charge in [-0.25, -0.2) is 0 Å². The Morgan fingerprint density at radius 1 is 1.10 bits per heavy atom. The Hall–Kier alpha value is -1.07. The lowest BCUT2D eigenvalue weighted by Gasteiger charge is -2.08. The topological polar surface area (TPSA) is 63.6 Å². The van der Waals surface area contributed by atoms with Crippen molar-refractivity contribution in [1.82, 2.24) is 0 Å². The predicted octanol–water partition coefficient (Wildman–Crippen LogP) is 3.91. The average molecular weight is 314 g/mol. The second kappa shape index (κ2) is 9.05. The van der Waals surface area contributed by atoms with Crippen LogP contribution in [0.1, 0.15) is 56.6 Å². The van der Waals surface area contributed by atoms with Gasteiger partial charge in [-0.15, -0.1) is 0 Å². The number of hydrogen-bond donors (Lipinski definition) is 1. The molecule has 0 bridgehead atoms. The molecule has 0 saturated carbocycles. The van der Waals surface area contributed by atoms with E-state index in [0.717, 1.165) is 24.8 Å². The van der Waals surface area contributed by atoms with Gasteiger partial charge in [0.05, 0.1) is 6.61 Å². The normalized spacial score (nSPS) is 11.7. The van der Waals surface area contributed by atoms with E-state index in [2.05, 4.69) is 6.92 Å². The van der Waals surface area contributed by atoms with E-state index >= 15 is 0 Å². The van der Waals surface area contributed by atoms with E-state index in [1.807, 2.05) is 6.92 Å². The van der Waals surface area contributed by atoms with Gasteiger partial charge < -0.3 is 5.11 Å². The van der Waals surface area contributed by atoms with Gasteiger partial charge in [-0.05, 0) is 25.0 Å². The second-order valence-electron chi connectivity index (χ2n) is 5.42. The average Bonchev–Trinajstić information content (AvgIpc) is 2.41. The van der Waals surface area contributed by atoms with E-state index < -0.39 is 10.1 Å². The van der Waals surface area contributed by atoms with Crippen molar-refractivity contribution in [3.8, 4) is 5.75 Å². The quantitative estimate of drug-likeness (QED) is 0.525. The molecule has 0 fully saturated rings. The maximum atomic E-state index is 11.8. The number of phenols is 1. The van der Waals surface area contributed by atoms with E-state index in [1.54, 1.807) is 18.2 Å². The zero-order chi connectivity index (χ0) is 15.7. The van der Waals surface area contributed by atoms with Gasteiger partial charge in [-0.2, -0.15) is 8.42 Å². The van der Waals surface area contributed by atoms with Crippen molar-refractivity contribution >= 4 is 10.1 Å². The Morgan fingerprint density at radius 2 is 1.76 bits per heavy atom. The lowest BCUT2D eigenvalue weighted by molar-refractivity contribution is 0.305. The molecule has 0 amide bonds. The Morgan fingerprint density at radius 3 is 2.43 bits per heavy atom. The molecule has 4 nitrogen and oxygen atoms in total. The summed E-state index contributed by atoms with van der Waals surface area (Å²) in [5.74, 6) is -0.281. The van der Waals surface area contributed by atoms with Crippen LogP contribution in [0.5, 0.6) is 5.75 Å². The molecule has 0 radical (unpaired) electrons. The number of unbranched alkanes of at least 4 members (excludes halogenated alkanes) is 5. The fraction of sp³-hybridized carbons (Fsp3) is 0.625. The highest BCUT2D eigenvalue weighted by Crippen LogP contribution is 2.21. The first kappa shape index (κ1) is 18.0. The molecule has 1 aromatic carbocycles. The lowest BCUT2D eigenvalue weighted by atomic mass is 10.1. The summed E-state index contributed by atoms with van der Waals surface area (Å²) in [5, 5.41) is 9.73. The highest BCUT2D eigenvalue weighted by Gasteiger charge is 2.15. The zero-order valence-electron chi connectivity index (χ0n) is 13.0. The molecular formula is C16H26O4S. The molecule has 1 rings (SSSR count). The summed E-state index contributed by atoms with van der Waals surface area (Å²) < 4.78 is 28.7. The fourth-order valence-electron chi connectivity index (χ4n) is 2.10. The minimum atomic E-state index is -3.63. The molecule has 1 aromatic rings. The molecule has 120 valence electrons. The van der Waals surface area contributed by atoms with Gasteiger partial charge in [-0.3, -0.25) is 4.18 Å². The van der Waals surface area contributed by atoms with Crippen LogP contribution in [-0.4, -0.2) is 20.1 Å². The minimum absolute atomic E-state index is 0.00161. The van der Waals surface area contributed by atoms with Crippen molar-refractivity contribution in [2.75, 3.05) is 6.61 Å². The van der Waals surface area contributed by atoms with Crippen molar-refractivity contribution in [1.29, 1.82) is 0 Å². The van der Waals surface area contributed by atoms with Gasteiger partial charge in [0.25, 0.3) is 10.1 Å². The van der Waals surface area contributed by atoms with Crippen LogP contribution in [0.4, 0.5) is 0 Å². The number of benzene rings is 1. The number of aromatic hydroxyl groups is 1. The summed E-state index contributed by atoms with van der Waals surface area (Å²) in [4.78, 5) is 0. The third kappa shape index (κ3) is 7.48. The Balaban J connectivity index is 2.33. The van der Waals surface area contributed by atoms with Crippen molar-refractivity contribution in [3.63, 3.8) is 0 Å². The van der Waals surface area contributed by atoms with Crippen molar-refractivity contribution in [3.05, 3.63) is 29.3 Å². The highest BCUT2D eigenvalue weighted by atomic mass is 32.2. The van der Waals surface area contributed by atoms with Crippen molar-refractivity contribution in [2.24, 2.45) is 0 Å². The van der Waals surface area contributed by atoms with Crippen molar-refractivity contribution < 1.29 is 17.7 Å². The summed E-state index contributed by atoms with van der Waals surface area (Å²) in [6, 6.07) is 4.95. The second-order valence-corrected chi connectivity index (χ2v) is 7.06. The van der Waals surface area contributed by atoms with E-state index in [0.29, 0.717) is 5.56 Å². The lowest BCUT2D eigenvalue weighted by Crippen LogP contribution is -2.10. The molecule has 0 unspecified atom stereocenters. The van der Waals surface area contributed by atoms with Crippen LogP contribution >= 0.6 is 0 Å². The first-order valence-corrected chi connectivity index (χ1v) is 9.18. The summed E-state index contributed by atoms with van der Waals surface area (Å²) in [7, 11) is -3.63. The Labute approximate surface area is 128 Å². The molecule has 21 heavy (non-hydrogen) atoms. The van der Waals surface area contributed by atoms with Crippen LogP contribution < -0.4 is 0 Å². The summed E-state index contributed by atoms with van der Waals surface area (Å²) in [6.45, 7) is 4.23. The smallest absolute Gasteiger partial charge is 0.271 e. The maximum Gasteiger partial charge on any atom is 0.271 e. The summed E-state index contributed by atoms with van der Waals surface area (Å²) in [5.41, 5.74) is 1.27. The molecule has 0 heterocycles.